The molecule has 1 aromatic carbocycles. The minimum absolute atomic E-state index is 0.155. The largest absolute Gasteiger partial charge is 0.506 e. The normalized spacial score (nSPS) is 13.6. The lowest BCUT2D eigenvalue weighted by atomic mass is 10.2. The molecule has 0 aliphatic carbocycles. The summed E-state index contributed by atoms with van der Waals surface area (Å²) in [4.78, 5) is 10.9. The van der Waals surface area contributed by atoms with Crippen molar-refractivity contribution in [2.24, 2.45) is 0 Å². The van der Waals surface area contributed by atoms with E-state index in [9.17, 15) is 9.90 Å². The Labute approximate surface area is 97.7 Å². The standard InChI is InChI=1S/C12H11N3O2/c16-7-9-8-5-13-6-11(8)15(14-9)10-3-1-2-4-12(10)17/h1-4,7,13,17H,5-6H2. The van der Waals surface area contributed by atoms with Gasteiger partial charge in [-0.2, -0.15) is 5.10 Å². The van der Waals surface area contributed by atoms with Crippen molar-refractivity contribution < 1.29 is 9.90 Å². The van der Waals surface area contributed by atoms with E-state index in [-0.39, 0.29) is 5.75 Å². The number of carbonyl (C=O) groups is 1. The molecule has 0 saturated carbocycles. The number of para-hydroxylation sites is 2. The first-order valence-corrected chi connectivity index (χ1v) is 5.36. The van der Waals surface area contributed by atoms with Crippen molar-refractivity contribution in [3.8, 4) is 11.4 Å². The van der Waals surface area contributed by atoms with Gasteiger partial charge in [-0.15, -0.1) is 0 Å². The van der Waals surface area contributed by atoms with Crippen LogP contribution in [0.25, 0.3) is 5.69 Å². The van der Waals surface area contributed by atoms with E-state index in [1.807, 2.05) is 6.07 Å². The highest BCUT2D eigenvalue weighted by Crippen LogP contribution is 2.26. The van der Waals surface area contributed by atoms with E-state index in [0.29, 0.717) is 24.5 Å². The van der Waals surface area contributed by atoms with Gasteiger partial charge in [-0.05, 0) is 12.1 Å². The van der Waals surface area contributed by atoms with Gasteiger partial charge in [0.15, 0.2) is 6.29 Å². The third-order valence-corrected chi connectivity index (χ3v) is 2.94. The lowest BCUT2D eigenvalue weighted by Crippen LogP contribution is -2.08. The summed E-state index contributed by atoms with van der Waals surface area (Å²) in [6.45, 7) is 1.31. The minimum Gasteiger partial charge on any atom is -0.506 e. The van der Waals surface area contributed by atoms with E-state index in [4.69, 9.17) is 0 Å². The highest BCUT2D eigenvalue weighted by Gasteiger charge is 2.23. The molecule has 2 aromatic rings. The van der Waals surface area contributed by atoms with E-state index in [2.05, 4.69) is 10.4 Å². The number of aromatic nitrogens is 2. The summed E-state index contributed by atoms with van der Waals surface area (Å²) < 4.78 is 1.63. The average molecular weight is 229 g/mol. The summed E-state index contributed by atoms with van der Waals surface area (Å²) in [5, 5.41) is 17.2. The minimum atomic E-state index is 0.155. The van der Waals surface area contributed by atoms with E-state index in [0.717, 1.165) is 17.5 Å². The molecule has 5 heteroatoms. The maximum Gasteiger partial charge on any atom is 0.170 e. The van der Waals surface area contributed by atoms with Crippen LogP contribution in [-0.2, 0) is 13.1 Å². The molecule has 1 aliphatic heterocycles. The fourth-order valence-electron chi connectivity index (χ4n) is 2.12. The highest BCUT2D eigenvalue weighted by atomic mass is 16.3. The van der Waals surface area contributed by atoms with E-state index >= 15 is 0 Å². The van der Waals surface area contributed by atoms with Crippen molar-refractivity contribution >= 4 is 6.29 Å². The van der Waals surface area contributed by atoms with Gasteiger partial charge in [0.1, 0.15) is 17.1 Å². The number of carbonyl (C=O) groups excluding carboxylic acids is 1. The maximum absolute atomic E-state index is 10.9. The fraction of sp³-hybridized carbons (Fsp3) is 0.167. The third kappa shape index (κ3) is 1.43. The van der Waals surface area contributed by atoms with Crippen LogP contribution in [0.5, 0.6) is 5.75 Å². The molecule has 17 heavy (non-hydrogen) atoms. The zero-order valence-corrected chi connectivity index (χ0v) is 9.05. The van der Waals surface area contributed by atoms with E-state index in [1.165, 1.54) is 0 Å². The molecule has 5 nitrogen and oxygen atoms in total. The molecule has 3 rings (SSSR count). The fourth-order valence-corrected chi connectivity index (χ4v) is 2.12. The SMILES string of the molecule is O=Cc1nn(-c2ccccc2O)c2c1CNC2. The summed E-state index contributed by atoms with van der Waals surface area (Å²) in [6.07, 6.45) is 0.752. The Balaban J connectivity index is 2.22. The number of aldehydes is 1. The second-order valence-electron chi connectivity index (χ2n) is 3.93. The summed E-state index contributed by atoms with van der Waals surface area (Å²) >= 11 is 0. The molecule has 0 amide bonds. The number of hydrogen-bond donors (Lipinski definition) is 2. The molecule has 0 bridgehead atoms. The van der Waals surface area contributed by atoms with Crippen LogP contribution >= 0.6 is 0 Å². The topological polar surface area (TPSA) is 67.2 Å². The number of phenolic OH excluding ortho intramolecular Hbond substituents is 1. The van der Waals surface area contributed by atoms with Gasteiger partial charge in [-0.3, -0.25) is 4.79 Å². The molecule has 0 radical (unpaired) electrons. The molecule has 0 spiro atoms. The van der Waals surface area contributed by atoms with E-state index < -0.39 is 0 Å². The number of hydrogen-bond acceptors (Lipinski definition) is 4. The molecular formula is C12H11N3O2. The maximum atomic E-state index is 10.9. The van der Waals surface area contributed by atoms with Crippen LogP contribution in [-0.4, -0.2) is 21.2 Å². The summed E-state index contributed by atoms with van der Waals surface area (Å²) in [6, 6.07) is 6.95. The molecule has 0 unspecified atom stereocenters. The van der Waals surface area contributed by atoms with Gasteiger partial charge in [-0.25, -0.2) is 4.68 Å². The molecule has 0 atom stereocenters. The molecule has 2 heterocycles. The predicted molar refractivity (Wildman–Crippen MR) is 61.2 cm³/mol. The molecule has 0 saturated heterocycles. The van der Waals surface area contributed by atoms with Gasteiger partial charge in [0.25, 0.3) is 0 Å². The number of nitrogens with one attached hydrogen (secondary N) is 1. The van der Waals surface area contributed by atoms with Crippen molar-refractivity contribution in [3.05, 3.63) is 41.2 Å². The lowest BCUT2D eigenvalue weighted by molar-refractivity contribution is 0.111. The van der Waals surface area contributed by atoms with Gasteiger partial charge >= 0.3 is 0 Å². The number of aromatic hydroxyl groups is 1. The van der Waals surface area contributed by atoms with Gasteiger partial charge in [0, 0.05) is 18.7 Å². The molecule has 0 fully saturated rings. The van der Waals surface area contributed by atoms with Gasteiger partial charge in [0.05, 0.1) is 5.69 Å². The van der Waals surface area contributed by atoms with Crippen LogP contribution in [0.2, 0.25) is 0 Å². The Morgan fingerprint density at radius 1 is 1.35 bits per heavy atom. The molecule has 86 valence electrons. The summed E-state index contributed by atoms with van der Waals surface area (Å²) in [5.74, 6) is 0.155. The molecule has 1 aliphatic rings. The average Bonchev–Trinajstić information content (AvgIpc) is 2.91. The van der Waals surface area contributed by atoms with Gasteiger partial charge in [0.2, 0.25) is 0 Å². The van der Waals surface area contributed by atoms with Crippen molar-refractivity contribution in [2.45, 2.75) is 13.1 Å². The first-order chi connectivity index (χ1) is 8.31. The Bertz CT molecular complexity index is 589. The Morgan fingerprint density at radius 3 is 2.94 bits per heavy atom. The van der Waals surface area contributed by atoms with Gasteiger partial charge < -0.3 is 10.4 Å². The Hall–Kier alpha value is -2.14. The van der Waals surface area contributed by atoms with Crippen molar-refractivity contribution in [3.63, 3.8) is 0 Å². The van der Waals surface area contributed by atoms with Crippen molar-refractivity contribution in [2.75, 3.05) is 0 Å². The van der Waals surface area contributed by atoms with Crippen LogP contribution in [0.3, 0.4) is 0 Å². The van der Waals surface area contributed by atoms with Crippen LogP contribution in [0.15, 0.2) is 24.3 Å². The Morgan fingerprint density at radius 2 is 2.18 bits per heavy atom. The smallest absolute Gasteiger partial charge is 0.170 e. The number of nitrogens with zero attached hydrogens (tertiary/aromatic N) is 2. The number of fused-ring (bicyclic) bond motifs is 1. The monoisotopic (exact) mass is 229 g/mol. The van der Waals surface area contributed by atoms with Crippen LogP contribution in [0.1, 0.15) is 21.7 Å². The highest BCUT2D eigenvalue weighted by molar-refractivity contribution is 5.75. The zero-order chi connectivity index (χ0) is 11.8. The van der Waals surface area contributed by atoms with Crippen LogP contribution in [0, 0.1) is 0 Å². The van der Waals surface area contributed by atoms with Crippen molar-refractivity contribution in [1.82, 2.24) is 15.1 Å². The number of benzene rings is 1. The zero-order valence-electron chi connectivity index (χ0n) is 9.05. The first-order valence-electron chi connectivity index (χ1n) is 5.36. The lowest BCUT2D eigenvalue weighted by Gasteiger charge is -2.06. The number of rotatable bonds is 2. The summed E-state index contributed by atoms with van der Waals surface area (Å²) in [5.41, 5.74) is 2.89. The molecule has 1 aromatic heterocycles. The Kier molecular flexibility index (Phi) is 2.19. The second-order valence-corrected chi connectivity index (χ2v) is 3.93. The third-order valence-electron chi connectivity index (χ3n) is 2.94. The molecule has 2 N–H and O–H groups in total. The van der Waals surface area contributed by atoms with Gasteiger partial charge in [-0.1, -0.05) is 12.1 Å². The molecular weight excluding hydrogens is 218 g/mol. The number of phenols is 1. The van der Waals surface area contributed by atoms with Crippen LogP contribution < -0.4 is 5.32 Å². The van der Waals surface area contributed by atoms with Crippen molar-refractivity contribution in [1.29, 1.82) is 0 Å². The quantitative estimate of drug-likeness (QED) is 0.754. The predicted octanol–water partition coefficient (Wildman–Crippen LogP) is 0.994. The van der Waals surface area contributed by atoms with Crippen LogP contribution in [0.4, 0.5) is 0 Å². The summed E-state index contributed by atoms with van der Waals surface area (Å²) in [7, 11) is 0. The second kappa shape index (κ2) is 3.71. The first kappa shape index (κ1) is 10.0. The van der Waals surface area contributed by atoms with E-state index in [1.54, 1.807) is 22.9 Å².